The molecule has 0 aliphatic carbocycles. The number of rotatable bonds is 9. The van der Waals surface area contributed by atoms with Crippen LogP contribution in [-0.4, -0.2) is 35.4 Å². The number of nitrogens with one attached hydrogen (secondary N) is 1. The number of hydrogen-bond acceptors (Lipinski definition) is 3. The van der Waals surface area contributed by atoms with Gasteiger partial charge in [-0.2, -0.15) is 0 Å². The largest absolute Gasteiger partial charge is 0.484 e. The molecule has 162 valence electrons. The van der Waals surface area contributed by atoms with Gasteiger partial charge in [-0.3, -0.25) is 9.59 Å². The molecule has 0 radical (unpaired) electrons. The number of carbonyl (C=O) groups excluding carboxylic acids is 2. The van der Waals surface area contributed by atoms with Gasteiger partial charge in [-0.15, -0.1) is 0 Å². The van der Waals surface area contributed by atoms with E-state index >= 15 is 0 Å². The zero-order valence-electron chi connectivity index (χ0n) is 17.7. The van der Waals surface area contributed by atoms with Crippen molar-refractivity contribution in [3.05, 3.63) is 63.6 Å². The Labute approximate surface area is 188 Å². The molecule has 0 aliphatic rings. The number of hydrogen-bond donors (Lipinski definition) is 1. The molecule has 0 unspecified atom stereocenters. The topological polar surface area (TPSA) is 58.6 Å². The van der Waals surface area contributed by atoms with Gasteiger partial charge in [-0.05, 0) is 57.0 Å². The zero-order valence-corrected chi connectivity index (χ0v) is 19.3. The van der Waals surface area contributed by atoms with Gasteiger partial charge in [0.05, 0.1) is 10.0 Å². The van der Waals surface area contributed by atoms with Gasteiger partial charge in [0.2, 0.25) is 5.91 Å². The lowest BCUT2D eigenvalue weighted by molar-refractivity contribution is -0.142. The van der Waals surface area contributed by atoms with Crippen molar-refractivity contribution in [1.29, 1.82) is 0 Å². The minimum absolute atomic E-state index is 0.0192. The van der Waals surface area contributed by atoms with Crippen LogP contribution in [0.4, 0.5) is 0 Å². The van der Waals surface area contributed by atoms with Crippen LogP contribution in [0.1, 0.15) is 38.3 Å². The second kappa shape index (κ2) is 11.2. The molecule has 5 nitrogen and oxygen atoms in total. The van der Waals surface area contributed by atoms with Gasteiger partial charge in [0, 0.05) is 12.6 Å². The lowest BCUT2D eigenvalue weighted by Crippen LogP contribution is -2.50. The maximum Gasteiger partial charge on any atom is 0.261 e. The molecule has 7 heteroatoms. The lowest BCUT2D eigenvalue weighted by atomic mass is 10.1. The van der Waals surface area contributed by atoms with Gasteiger partial charge in [0.25, 0.3) is 5.91 Å². The van der Waals surface area contributed by atoms with Gasteiger partial charge in [-0.25, -0.2) is 0 Å². The van der Waals surface area contributed by atoms with E-state index < -0.39 is 6.04 Å². The molecule has 30 heavy (non-hydrogen) atoms. The fourth-order valence-corrected chi connectivity index (χ4v) is 3.07. The van der Waals surface area contributed by atoms with E-state index in [2.05, 4.69) is 5.32 Å². The van der Waals surface area contributed by atoms with Crippen LogP contribution in [0.3, 0.4) is 0 Å². The minimum atomic E-state index is -0.678. The number of ether oxygens (including phenoxy) is 1. The second-order valence-electron chi connectivity index (χ2n) is 7.37. The van der Waals surface area contributed by atoms with Gasteiger partial charge < -0.3 is 15.0 Å². The highest BCUT2D eigenvalue weighted by Crippen LogP contribution is 2.24. The van der Waals surface area contributed by atoms with E-state index in [1.807, 2.05) is 45.0 Å². The quantitative estimate of drug-likeness (QED) is 0.583. The van der Waals surface area contributed by atoms with Crippen molar-refractivity contribution in [3.63, 3.8) is 0 Å². The van der Waals surface area contributed by atoms with Gasteiger partial charge in [-0.1, -0.05) is 53.9 Å². The number of benzene rings is 2. The Morgan fingerprint density at radius 3 is 2.33 bits per heavy atom. The molecule has 2 rings (SSSR count). The van der Waals surface area contributed by atoms with E-state index in [1.54, 1.807) is 25.1 Å². The summed E-state index contributed by atoms with van der Waals surface area (Å²) in [5.74, 6) is 0.0849. The molecule has 1 N–H and O–H groups in total. The molecule has 0 fully saturated rings. The lowest BCUT2D eigenvalue weighted by Gasteiger charge is -2.29. The molecule has 2 amide bonds. The Balaban J connectivity index is 2.17. The van der Waals surface area contributed by atoms with Gasteiger partial charge >= 0.3 is 0 Å². The summed E-state index contributed by atoms with van der Waals surface area (Å²) < 4.78 is 5.65. The van der Waals surface area contributed by atoms with Crippen LogP contribution in [0.5, 0.6) is 5.75 Å². The Kier molecular flexibility index (Phi) is 9.00. The molecule has 0 heterocycles. The molecule has 0 bridgehead atoms. The van der Waals surface area contributed by atoms with Crippen molar-refractivity contribution in [2.24, 2.45) is 0 Å². The van der Waals surface area contributed by atoms with Crippen LogP contribution >= 0.6 is 23.2 Å². The van der Waals surface area contributed by atoms with Crippen LogP contribution in [0.2, 0.25) is 10.0 Å². The highest BCUT2D eigenvalue weighted by atomic mass is 35.5. The third-order valence-electron chi connectivity index (χ3n) is 4.89. The molecule has 0 aromatic heterocycles. The SMILES string of the molecule is CC[C@H](C)NC(=O)[C@@H](C)N(Cc1ccc(Cl)c(Cl)c1)C(=O)COc1ccc(C)cc1. The summed E-state index contributed by atoms with van der Waals surface area (Å²) in [6.45, 7) is 7.64. The number of carbonyl (C=O) groups is 2. The number of amides is 2. The van der Waals surface area contributed by atoms with Crippen molar-refractivity contribution in [2.45, 2.75) is 52.7 Å². The predicted molar refractivity (Wildman–Crippen MR) is 121 cm³/mol. The first kappa shape index (κ1) is 24.0. The first-order valence-electron chi connectivity index (χ1n) is 9.94. The van der Waals surface area contributed by atoms with E-state index in [-0.39, 0.29) is 31.0 Å². The molecule has 2 aromatic rings. The zero-order chi connectivity index (χ0) is 22.3. The van der Waals surface area contributed by atoms with Crippen molar-refractivity contribution in [1.82, 2.24) is 10.2 Å². The molecular weight excluding hydrogens is 423 g/mol. The van der Waals surface area contributed by atoms with E-state index in [0.29, 0.717) is 15.8 Å². The maximum absolute atomic E-state index is 13.0. The summed E-state index contributed by atoms with van der Waals surface area (Å²) in [5.41, 5.74) is 1.88. The standard InChI is InChI=1S/C23H28Cl2N2O3/c1-5-16(3)26-23(29)17(4)27(13-18-8-11-20(24)21(25)12-18)22(28)14-30-19-9-6-15(2)7-10-19/h6-12,16-17H,5,13-14H2,1-4H3,(H,26,29)/t16-,17+/m0/s1. The number of halogens is 2. The van der Waals surface area contributed by atoms with Crippen molar-refractivity contribution in [3.8, 4) is 5.75 Å². The summed E-state index contributed by atoms with van der Waals surface area (Å²) >= 11 is 12.1. The molecule has 0 saturated heterocycles. The third-order valence-corrected chi connectivity index (χ3v) is 5.63. The van der Waals surface area contributed by atoms with Crippen LogP contribution < -0.4 is 10.1 Å². The Hall–Kier alpha value is -2.24. The summed E-state index contributed by atoms with van der Waals surface area (Å²) in [7, 11) is 0. The van der Waals surface area contributed by atoms with E-state index in [9.17, 15) is 9.59 Å². The van der Waals surface area contributed by atoms with Gasteiger partial charge in [0.15, 0.2) is 6.61 Å². The average molecular weight is 451 g/mol. The van der Waals surface area contributed by atoms with E-state index in [0.717, 1.165) is 17.5 Å². The first-order valence-corrected chi connectivity index (χ1v) is 10.7. The average Bonchev–Trinajstić information content (AvgIpc) is 2.73. The third kappa shape index (κ3) is 6.92. The van der Waals surface area contributed by atoms with E-state index in [4.69, 9.17) is 27.9 Å². The summed E-state index contributed by atoms with van der Waals surface area (Å²) in [6, 6.07) is 11.9. The highest BCUT2D eigenvalue weighted by molar-refractivity contribution is 6.42. The van der Waals surface area contributed by atoms with Gasteiger partial charge in [0.1, 0.15) is 11.8 Å². The summed E-state index contributed by atoms with van der Waals surface area (Å²) in [5, 5.41) is 3.76. The van der Waals surface area contributed by atoms with Crippen LogP contribution in [0.25, 0.3) is 0 Å². The van der Waals surface area contributed by atoms with Crippen molar-refractivity contribution >= 4 is 35.0 Å². The Morgan fingerprint density at radius 2 is 1.73 bits per heavy atom. The Morgan fingerprint density at radius 1 is 1.07 bits per heavy atom. The fourth-order valence-electron chi connectivity index (χ4n) is 2.75. The molecule has 0 spiro atoms. The fraction of sp³-hybridized carbons (Fsp3) is 0.391. The summed E-state index contributed by atoms with van der Waals surface area (Å²) in [4.78, 5) is 27.2. The van der Waals surface area contributed by atoms with Crippen LogP contribution in [-0.2, 0) is 16.1 Å². The second-order valence-corrected chi connectivity index (χ2v) is 8.18. The molecule has 2 aromatic carbocycles. The molecule has 0 saturated carbocycles. The smallest absolute Gasteiger partial charge is 0.261 e. The predicted octanol–water partition coefficient (Wildman–Crippen LogP) is 5.01. The van der Waals surface area contributed by atoms with Crippen molar-refractivity contribution < 1.29 is 14.3 Å². The first-order chi connectivity index (χ1) is 14.2. The monoisotopic (exact) mass is 450 g/mol. The van der Waals surface area contributed by atoms with E-state index in [1.165, 1.54) is 4.90 Å². The summed E-state index contributed by atoms with van der Waals surface area (Å²) in [6.07, 6.45) is 0.801. The molecular formula is C23H28Cl2N2O3. The number of nitrogens with zero attached hydrogens (tertiary/aromatic N) is 1. The highest BCUT2D eigenvalue weighted by Gasteiger charge is 2.27. The minimum Gasteiger partial charge on any atom is -0.484 e. The maximum atomic E-state index is 13.0. The molecule has 0 aliphatic heterocycles. The van der Waals surface area contributed by atoms with Crippen LogP contribution in [0, 0.1) is 6.92 Å². The molecule has 2 atom stereocenters. The number of aryl methyl sites for hydroxylation is 1. The van der Waals surface area contributed by atoms with Crippen molar-refractivity contribution in [2.75, 3.05) is 6.61 Å². The normalized spacial score (nSPS) is 12.7. The Bertz CT molecular complexity index is 871. The van der Waals surface area contributed by atoms with Crippen LogP contribution in [0.15, 0.2) is 42.5 Å².